The molecule has 0 unspecified atom stereocenters. The topological polar surface area (TPSA) is 82.1 Å². The molecule has 1 aromatic carbocycles. The summed E-state index contributed by atoms with van der Waals surface area (Å²) in [5.41, 5.74) is 1.31. The number of nitrogens with one attached hydrogen (secondary N) is 1. The zero-order valence-corrected chi connectivity index (χ0v) is 16.0. The number of carbonyl (C=O) groups excluding carboxylic acids is 2. The number of rotatable bonds is 2. The zero-order chi connectivity index (χ0) is 19.3. The molecule has 150 valence electrons. The van der Waals surface area contributed by atoms with Gasteiger partial charge in [-0.25, -0.2) is 4.79 Å². The van der Waals surface area contributed by atoms with Gasteiger partial charge in [0.2, 0.25) is 5.91 Å². The van der Waals surface area contributed by atoms with E-state index in [0.29, 0.717) is 24.8 Å². The van der Waals surface area contributed by atoms with Gasteiger partial charge in [-0.3, -0.25) is 4.79 Å². The molecule has 2 N–H and O–H groups in total. The van der Waals surface area contributed by atoms with E-state index in [9.17, 15) is 14.7 Å². The molecule has 7 nitrogen and oxygen atoms in total. The van der Waals surface area contributed by atoms with Gasteiger partial charge in [0.05, 0.1) is 12.1 Å². The molecule has 3 heterocycles. The number of carbonyl (C=O) groups is 2. The second-order valence-electron chi connectivity index (χ2n) is 9.00. The first kappa shape index (κ1) is 17.8. The second kappa shape index (κ2) is 6.65. The normalized spacial score (nSPS) is 28.9. The van der Waals surface area contributed by atoms with E-state index in [1.807, 2.05) is 28.0 Å². The number of nitrogens with zero attached hydrogens (tertiary/aromatic N) is 2. The highest BCUT2D eigenvalue weighted by molar-refractivity contribution is 5.79. The van der Waals surface area contributed by atoms with Crippen molar-refractivity contribution in [2.75, 3.05) is 32.8 Å². The van der Waals surface area contributed by atoms with Crippen molar-refractivity contribution in [3.05, 3.63) is 29.8 Å². The van der Waals surface area contributed by atoms with Gasteiger partial charge in [0.1, 0.15) is 12.4 Å². The molecule has 0 aromatic heterocycles. The molecule has 7 heteroatoms. The molecule has 0 bridgehead atoms. The van der Waals surface area contributed by atoms with Gasteiger partial charge in [-0.2, -0.15) is 0 Å². The fraction of sp³-hybridized carbons (Fsp3) is 0.619. The van der Waals surface area contributed by atoms with Crippen molar-refractivity contribution in [2.24, 2.45) is 11.3 Å². The van der Waals surface area contributed by atoms with Gasteiger partial charge in [0, 0.05) is 31.6 Å². The molecule has 28 heavy (non-hydrogen) atoms. The van der Waals surface area contributed by atoms with Crippen LogP contribution in [0.2, 0.25) is 0 Å². The Hall–Kier alpha value is -2.28. The van der Waals surface area contributed by atoms with E-state index in [-0.39, 0.29) is 36.1 Å². The monoisotopic (exact) mass is 385 g/mol. The Balaban J connectivity index is 1.10. The summed E-state index contributed by atoms with van der Waals surface area (Å²) in [7, 11) is 0. The van der Waals surface area contributed by atoms with Crippen LogP contribution in [-0.2, 0) is 16.0 Å². The Morgan fingerprint density at radius 2 is 2.04 bits per heavy atom. The summed E-state index contributed by atoms with van der Waals surface area (Å²) in [6.07, 6.45) is 3.97. The molecular weight excluding hydrogens is 358 g/mol. The molecule has 1 saturated carbocycles. The number of benzene rings is 1. The van der Waals surface area contributed by atoms with Crippen LogP contribution < -0.4 is 5.32 Å². The number of hydrogen-bond donors (Lipinski definition) is 2. The Morgan fingerprint density at radius 3 is 2.82 bits per heavy atom. The van der Waals surface area contributed by atoms with Gasteiger partial charge in [0.25, 0.3) is 0 Å². The van der Waals surface area contributed by atoms with Gasteiger partial charge in [-0.1, -0.05) is 18.2 Å². The number of para-hydroxylation sites is 1. The van der Waals surface area contributed by atoms with Crippen LogP contribution in [0.25, 0.3) is 0 Å². The Bertz CT molecular complexity index is 784. The molecule has 2 atom stereocenters. The molecule has 3 saturated heterocycles. The van der Waals surface area contributed by atoms with Crippen molar-refractivity contribution in [1.82, 2.24) is 15.1 Å². The predicted octanol–water partition coefficient (Wildman–Crippen LogP) is 1.36. The molecular formula is C21H27N3O4. The minimum atomic E-state index is -0.0941. The minimum Gasteiger partial charge on any atom is -0.508 e. The van der Waals surface area contributed by atoms with Crippen LogP contribution >= 0.6 is 0 Å². The number of likely N-dealkylation sites (tertiary alicyclic amines) is 2. The average molecular weight is 385 g/mol. The second-order valence-corrected chi connectivity index (χ2v) is 9.00. The number of urea groups is 1. The molecule has 3 aliphatic heterocycles. The van der Waals surface area contributed by atoms with E-state index in [0.717, 1.165) is 44.3 Å². The molecule has 4 aliphatic rings. The lowest BCUT2D eigenvalue weighted by atomic mass is 9.56. The highest BCUT2D eigenvalue weighted by atomic mass is 16.5. The van der Waals surface area contributed by atoms with Crippen molar-refractivity contribution in [3.63, 3.8) is 0 Å². The van der Waals surface area contributed by atoms with Crippen molar-refractivity contribution in [2.45, 2.75) is 37.8 Å². The van der Waals surface area contributed by atoms with Gasteiger partial charge in [-0.05, 0) is 43.2 Å². The van der Waals surface area contributed by atoms with E-state index in [2.05, 4.69) is 5.32 Å². The molecule has 0 radical (unpaired) electrons. The van der Waals surface area contributed by atoms with E-state index >= 15 is 0 Å². The standard InChI is InChI=1S/C21H27N3O4/c25-17-4-2-1-3-15(17)7-14-8-21(9-14)12-24(13-21)20(27)23-6-5-18-16(10-23)22-19(26)11-28-18/h1-4,14,16,18,25H,5-13H2,(H,22,26)/t16-,18+/m1/s1. The fourth-order valence-corrected chi connectivity index (χ4v) is 5.53. The largest absolute Gasteiger partial charge is 0.508 e. The van der Waals surface area contributed by atoms with Crippen LogP contribution in [0.1, 0.15) is 24.8 Å². The maximum absolute atomic E-state index is 12.8. The van der Waals surface area contributed by atoms with Crippen molar-refractivity contribution >= 4 is 11.9 Å². The summed E-state index contributed by atoms with van der Waals surface area (Å²) >= 11 is 0. The quantitative estimate of drug-likeness (QED) is 0.805. The predicted molar refractivity (Wildman–Crippen MR) is 102 cm³/mol. The molecule has 3 amide bonds. The summed E-state index contributed by atoms with van der Waals surface area (Å²) in [6, 6.07) is 7.57. The third-order valence-corrected chi connectivity index (χ3v) is 6.86. The number of hydrogen-bond acceptors (Lipinski definition) is 4. The number of ether oxygens (including phenoxy) is 1. The zero-order valence-electron chi connectivity index (χ0n) is 16.0. The Morgan fingerprint density at radius 1 is 1.25 bits per heavy atom. The molecule has 1 aromatic rings. The van der Waals surface area contributed by atoms with E-state index in [4.69, 9.17) is 4.74 Å². The Labute approximate surface area is 164 Å². The maximum atomic E-state index is 12.8. The first-order valence-electron chi connectivity index (χ1n) is 10.2. The van der Waals surface area contributed by atoms with Gasteiger partial charge in [-0.15, -0.1) is 0 Å². The number of piperidine rings is 1. The number of phenolic OH excluding ortho intramolecular Hbond substituents is 1. The number of amides is 3. The SMILES string of the molecule is O=C1CO[C@H]2CCN(C(=O)N3CC4(CC(Cc5ccccc5O)C4)C3)C[C@H]2N1. The summed E-state index contributed by atoms with van der Waals surface area (Å²) in [5, 5.41) is 12.9. The highest BCUT2D eigenvalue weighted by Crippen LogP contribution is 2.53. The molecule has 4 fully saturated rings. The van der Waals surface area contributed by atoms with Gasteiger partial charge in [0.15, 0.2) is 0 Å². The lowest BCUT2D eigenvalue weighted by Crippen LogP contribution is -2.68. The van der Waals surface area contributed by atoms with Crippen LogP contribution in [0.3, 0.4) is 0 Å². The fourth-order valence-electron chi connectivity index (χ4n) is 5.53. The van der Waals surface area contributed by atoms with Gasteiger partial charge >= 0.3 is 6.03 Å². The summed E-state index contributed by atoms with van der Waals surface area (Å²) < 4.78 is 5.57. The molecule has 5 rings (SSSR count). The van der Waals surface area contributed by atoms with Crippen LogP contribution in [0, 0.1) is 11.3 Å². The van der Waals surface area contributed by atoms with Gasteiger partial charge < -0.3 is 25.0 Å². The van der Waals surface area contributed by atoms with E-state index in [1.54, 1.807) is 6.07 Å². The number of phenols is 1. The summed E-state index contributed by atoms with van der Waals surface area (Å²) in [6.45, 7) is 3.02. The van der Waals surface area contributed by atoms with E-state index in [1.165, 1.54) is 0 Å². The summed E-state index contributed by atoms with van der Waals surface area (Å²) in [4.78, 5) is 28.2. The minimum absolute atomic E-state index is 0.0336. The molecule has 1 aliphatic carbocycles. The number of morpholine rings is 1. The van der Waals surface area contributed by atoms with Crippen molar-refractivity contribution < 1.29 is 19.4 Å². The van der Waals surface area contributed by atoms with Crippen molar-refractivity contribution in [3.8, 4) is 5.75 Å². The molecule has 1 spiro atoms. The first-order valence-corrected chi connectivity index (χ1v) is 10.2. The lowest BCUT2D eigenvalue weighted by molar-refractivity contribution is -0.140. The van der Waals surface area contributed by atoms with Crippen LogP contribution in [0.5, 0.6) is 5.75 Å². The maximum Gasteiger partial charge on any atom is 0.320 e. The van der Waals surface area contributed by atoms with Crippen LogP contribution in [0.15, 0.2) is 24.3 Å². The first-order chi connectivity index (χ1) is 13.5. The highest BCUT2D eigenvalue weighted by Gasteiger charge is 2.54. The van der Waals surface area contributed by atoms with Crippen LogP contribution in [0.4, 0.5) is 4.79 Å². The smallest absolute Gasteiger partial charge is 0.320 e. The average Bonchev–Trinajstić information content (AvgIpc) is 2.63. The Kier molecular flexibility index (Phi) is 4.23. The van der Waals surface area contributed by atoms with Crippen molar-refractivity contribution in [1.29, 1.82) is 0 Å². The summed E-state index contributed by atoms with van der Waals surface area (Å²) in [5.74, 6) is 0.885. The number of aromatic hydroxyl groups is 1. The number of fused-ring (bicyclic) bond motifs is 1. The van der Waals surface area contributed by atoms with Crippen LogP contribution in [-0.4, -0.2) is 71.8 Å². The third kappa shape index (κ3) is 3.11. The third-order valence-electron chi connectivity index (χ3n) is 6.86. The van der Waals surface area contributed by atoms with E-state index < -0.39 is 0 Å². The lowest BCUT2D eigenvalue weighted by Gasteiger charge is -2.60.